The Morgan fingerprint density at radius 3 is 1.41 bits per heavy atom. The third kappa shape index (κ3) is 10.2. The molecule has 4 aliphatic heterocycles. The first kappa shape index (κ1) is 43.4. The number of fused-ring (bicyclic) bond motifs is 4. The van der Waals surface area contributed by atoms with Crippen LogP contribution in [-0.2, 0) is 13.1 Å². The summed E-state index contributed by atoms with van der Waals surface area (Å²) in [5.41, 5.74) is 19.6. The van der Waals surface area contributed by atoms with Crippen LogP contribution in [0.1, 0.15) is 11.1 Å². The molecule has 63 heavy (non-hydrogen) atoms. The highest BCUT2D eigenvalue weighted by Gasteiger charge is 2.23. The van der Waals surface area contributed by atoms with Crippen molar-refractivity contribution >= 4 is 74.3 Å². The minimum Gasteiger partial charge on any atom is -0.399 e. The van der Waals surface area contributed by atoms with E-state index in [1.165, 1.54) is 50.9 Å². The monoisotopic (exact) mass is 864 g/mol. The third-order valence-electron chi connectivity index (χ3n) is 12.5. The molecule has 4 aromatic carbocycles. The molecule has 328 valence electrons. The molecule has 6 aromatic rings. The maximum absolute atomic E-state index is 6.01. The van der Waals surface area contributed by atoms with Gasteiger partial charge in [-0.25, -0.2) is 9.97 Å². The lowest BCUT2D eigenvalue weighted by Gasteiger charge is -2.34. The van der Waals surface area contributed by atoms with Crippen LogP contribution in [0.15, 0.2) is 122 Å². The second kappa shape index (κ2) is 19.5. The van der Waals surface area contributed by atoms with Gasteiger partial charge in [0.25, 0.3) is 0 Å². The summed E-state index contributed by atoms with van der Waals surface area (Å²) in [6.45, 7) is 10.6. The van der Waals surface area contributed by atoms with Crippen LogP contribution in [0.4, 0.5) is 62.7 Å². The van der Waals surface area contributed by atoms with Gasteiger partial charge in [-0.3, -0.25) is 0 Å². The Morgan fingerprint density at radius 2 is 0.921 bits per heavy atom. The molecule has 3 N–H and O–H groups in total. The first-order chi connectivity index (χ1) is 30.5. The van der Waals surface area contributed by atoms with Crippen molar-refractivity contribution in [3.8, 4) is 0 Å². The fraction of sp³-hybridized carbons (Fsp3) is 0.320. The molecule has 10 rings (SSSR count). The number of nitrogens with one attached hydrogen (secondary N) is 1. The van der Waals surface area contributed by atoms with Crippen LogP contribution in [0.2, 0.25) is 5.15 Å². The van der Waals surface area contributed by atoms with Crippen molar-refractivity contribution in [3.05, 3.63) is 138 Å². The van der Waals surface area contributed by atoms with Gasteiger partial charge in [0.05, 0.1) is 34.1 Å². The Morgan fingerprint density at radius 1 is 0.492 bits per heavy atom. The van der Waals surface area contributed by atoms with E-state index in [-0.39, 0.29) is 0 Å². The van der Waals surface area contributed by atoms with Crippen molar-refractivity contribution in [1.82, 2.24) is 19.8 Å². The van der Waals surface area contributed by atoms with E-state index in [4.69, 9.17) is 22.3 Å². The zero-order chi connectivity index (χ0) is 44.0. The zero-order valence-corrected chi connectivity index (χ0v) is 38.3. The summed E-state index contributed by atoms with van der Waals surface area (Å²) >= 11 is 6.01. The molecule has 0 bridgehead atoms. The lowest BCUT2D eigenvalue weighted by molar-refractivity contribution is 0.313. The molecule has 4 aliphatic rings. The van der Waals surface area contributed by atoms with Crippen LogP contribution in [-0.4, -0.2) is 114 Å². The van der Waals surface area contributed by atoms with E-state index >= 15 is 0 Å². The van der Waals surface area contributed by atoms with E-state index in [0.717, 1.165) is 88.3 Å². The average Bonchev–Trinajstić information content (AvgIpc) is 3.48. The number of hydrogen-bond donors (Lipinski definition) is 2. The number of pyridine rings is 2. The van der Waals surface area contributed by atoms with Crippen molar-refractivity contribution < 1.29 is 0 Å². The fourth-order valence-corrected chi connectivity index (χ4v) is 8.81. The Hall–Kier alpha value is -6.21. The fourth-order valence-electron chi connectivity index (χ4n) is 8.66. The van der Waals surface area contributed by atoms with Crippen LogP contribution >= 0.6 is 11.6 Å². The molecule has 0 atom stereocenters. The number of aromatic nitrogens is 2. The molecule has 6 heterocycles. The molecule has 0 aliphatic carbocycles. The summed E-state index contributed by atoms with van der Waals surface area (Å²) in [6.07, 6.45) is 3.85. The number of para-hydroxylation sites is 4. The maximum atomic E-state index is 6.01. The predicted octanol–water partition coefficient (Wildman–Crippen LogP) is 8.77. The molecule has 13 heteroatoms. The van der Waals surface area contributed by atoms with Crippen molar-refractivity contribution in [2.45, 2.75) is 13.1 Å². The minimum absolute atomic E-state index is 0.530. The van der Waals surface area contributed by atoms with Gasteiger partial charge < -0.3 is 50.2 Å². The maximum Gasteiger partial charge on any atom is 0.132 e. The first-order valence-corrected chi connectivity index (χ1v) is 22.2. The summed E-state index contributed by atoms with van der Waals surface area (Å²) in [5, 5.41) is 4.02. The van der Waals surface area contributed by atoms with Crippen LogP contribution in [0.5, 0.6) is 0 Å². The van der Waals surface area contributed by atoms with E-state index in [1.807, 2.05) is 30.6 Å². The van der Waals surface area contributed by atoms with Crippen LogP contribution in [0.3, 0.4) is 0 Å². The van der Waals surface area contributed by atoms with Gasteiger partial charge in [-0.15, -0.1) is 0 Å². The highest BCUT2D eigenvalue weighted by molar-refractivity contribution is 6.29. The van der Waals surface area contributed by atoms with Crippen LogP contribution in [0, 0.1) is 0 Å². The summed E-state index contributed by atoms with van der Waals surface area (Å²) in [7, 11) is 12.8. The van der Waals surface area contributed by atoms with Crippen molar-refractivity contribution in [1.29, 1.82) is 0 Å². The molecule has 0 unspecified atom stereocenters. The molecule has 0 amide bonds. The Labute approximate surface area is 378 Å². The van der Waals surface area contributed by atoms with Crippen LogP contribution < -0.4 is 40.4 Å². The van der Waals surface area contributed by atoms with Gasteiger partial charge in [-0.1, -0.05) is 35.9 Å². The van der Waals surface area contributed by atoms with Gasteiger partial charge in [0.2, 0.25) is 0 Å². The number of nitrogens with two attached hydrogens (primary N) is 1. The van der Waals surface area contributed by atoms with E-state index in [2.05, 4.69) is 183 Å². The molecule has 12 nitrogen and oxygen atoms in total. The van der Waals surface area contributed by atoms with Gasteiger partial charge in [-0.2, -0.15) is 0 Å². The lowest BCUT2D eigenvalue weighted by atomic mass is 10.2. The molecule has 0 radical (unpaired) electrons. The lowest BCUT2D eigenvalue weighted by Crippen LogP contribution is -2.44. The zero-order valence-electron chi connectivity index (χ0n) is 37.5. The first-order valence-electron chi connectivity index (χ1n) is 21.8. The largest absolute Gasteiger partial charge is 0.399 e. The van der Waals surface area contributed by atoms with Gasteiger partial charge in [0, 0.05) is 146 Å². The average molecular weight is 866 g/mol. The van der Waals surface area contributed by atoms with E-state index in [0.29, 0.717) is 5.15 Å². The number of halogens is 1. The Balaban J connectivity index is 0.000000143. The summed E-state index contributed by atoms with van der Waals surface area (Å²) in [5.74, 6) is 0.861. The highest BCUT2D eigenvalue weighted by Crippen LogP contribution is 2.41. The van der Waals surface area contributed by atoms with E-state index in [9.17, 15) is 0 Å². The Bertz CT molecular complexity index is 2450. The number of likely N-dealkylation sites (N-methyl/N-ethyl adjacent to an activating group) is 2. The SMILES string of the molecule is CN1CCN(c2ccc(N)cc2)CC1.CN1CCN(c2ccc(Nc3cc4c(cn3)CN(C)c3ccccc3N4C)cc2)CC1.CN1Cc2cnc(Cl)cc2N(C)c2ccccc21. The molecule has 2 fully saturated rings. The molecule has 2 aromatic heterocycles. The standard InChI is InChI=1S/C25H30N6.C14H14ClN3.C11H17N3/c1-28-12-14-31(15-13-28)21-10-8-20(9-11-21)27-25-16-24-19(17-26-25)18-29(2)22-6-4-5-7-23(22)30(24)3;1-17-9-10-8-16-14(15)7-13(10)18(2)12-6-4-3-5-11(12)17;1-13-6-8-14(9-7-13)11-4-2-10(12)3-5-11/h4-11,16-17H,12-15,18H2,1-3H3,(H,26,27);3-8H,9H2,1-2H3;2-5H,6-9,12H2,1H3. The topological polar surface area (TPSA) is 89.7 Å². The number of nitrogens with zero attached hydrogens (tertiary/aromatic N) is 10. The number of rotatable bonds is 4. The predicted molar refractivity (Wildman–Crippen MR) is 267 cm³/mol. The van der Waals surface area contributed by atoms with E-state index < -0.39 is 0 Å². The number of anilines is 11. The van der Waals surface area contributed by atoms with Gasteiger partial charge >= 0.3 is 0 Å². The quantitative estimate of drug-likeness (QED) is 0.131. The molecule has 0 spiro atoms. The summed E-state index contributed by atoms with van der Waals surface area (Å²) < 4.78 is 0. The number of benzene rings is 4. The van der Waals surface area contributed by atoms with Crippen molar-refractivity contribution in [3.63, 3.8) is 0 Å². The van der Waals surface area contributed by atoms with E-state index in [1.54, 1.807) is 0 Å². The smallest absolute Gasteiger partial charge is 0.132 e. The summed E-state index contributed by atoms with van der Waals surface area (Å²) in [6, 6.07) is 37.8. The minimum atomic E-state index is 0.530. The molecular weight excluding hydrogens is 804 g/mol. The van der Waals surface area contributed by atoms with Gasteiger partial charge in [0.1, 0.15) is 11.0 Å². The van der Waals surface area contributed by atoms with Crippen molar-refractivity contribution in [2.24, 2.45) is 0 Å². The van der Waals surface area contributed by atoms with Gasteiger partial charge in [0.15, 0.2) is 0 Å². The van der Waals surface area contributed by atoms with Crippen molar-refractivity contribution in [2.75, 3.05) is 135 Å². The van der Waals surface area contributed by atoms with Crippen LogP contribution in [0.25, 0.3) is 0 Å². The third-order valence-corrected chi connectivity index (χ3v) is 12.7. The summed E-state index contributed by atoms with van der Waals surface area (Å²) in [4.78, 5) is 27.4. The number of nitrogen functional groups attached to an aromatic ring is 1. The Kier molecular flexibility index (Phi) is 13.4. The molecular formula is C50H61ClN12. The molecule has 0 saturated carbocycles. The number of hydrogen-bond acceptors (Lipinski definition) is 12. The highest BCUT2D eigenvalue weighted by atomic mass is 35.5. The number of piperazine rings is 2. The normalized spacial score (nSPS) is 16.2. The second-order valence-electron chi connectivity index (χ2n) is 17.0. The van der Waals surface area contributed by atoms with Gasteiger partial charge in [-0.05, 0) is 93.0 Å². The molecule has 2 saturated heterocycles. The second-order valence-corrected chi connectivity index (χ2v) is 17.4.